The van der Waals surface area contributed by atoms with Gasteiger partial charge in [0.25, 0.3) is 5.56 Å². The van der Waals surface area contributed by atoms with Crippen LogP contribution in [0.3, 0.4) is 0 Å². The van der Waals surface area contributed by atoms with Gasteiger partial charge in [0, 0.05) is 36.6 Å². The summed E-state index contributed by atoms with van der Waals surface area (Å²) >= 11 is 12.0. The van der Waals surface area contributed by atoms with E-state index < -0.39 is 10.0 Å². The van der Waals surface area contributed by atoms with Crippen LogP contribution in [0.25, 0.3) is 10.8 Å². The first kappa shape index (κ1) is 20.3. The summed E-state index contributed by atoms with van der Waals surface area (Å²) in [5.41, 5.74) is -0.163. The third-order valence-corrected chi connectivity index (χ3v) is 7.55. The molecular formula is C19H18Cl2N4O3S. The lowest BCUT2D eigenvalue weighted by molar-refractivity contribution is 0.143. The highest BCUT2D eigenvalue weighted by atomic mass is 35.5. The molecule has 0 saturated carbocycles. The predicted molar refractivity (Wildman–Crippen MR) is 113 cm³/mol. The molecule has 3 aromatic rings. The maximum atomic E-state index is 12.9. The van der Waals surface area contributed by atoms with Crippen molar-refractivity contribution in [2.45, 2.75) is 11.6 Å². The number of sulfonamides is 1. The molecule has 7 nitrogen and oxygen atoms in total. The number of benzene rings is 2. The summed E-state index contributed by atoms with van der Waals surface area (Å²) in [5, 5.41) is 6.10. The number of hydrogen-bond donors (Lipinski definition) is 0. The fourth-order valence-electron chi connectivity index (χ4n) is 3.34. The molecule has 152 valence electrons. The van der Waals surface area contributed by atoms with Crippen LogP contribution in [0.4, 0.5) is 0 Å². The van der Waals surface area contributed by atoms with Crippen LogP contribution >= 0.6 is 23.2 Å². The van der Waals surface area contributed by atoms with Gasteiger partial charge in [-0.2, -0.15) is 9.40 Å². The number of halogens is 2. The van der Waals surface area contributed by atoms with Gasteiger partial charge in [-0.25, -0.2) is 13.1 Å². The Labute approximate surface area is 178 Å². The van der Waals surface area contributed by atoms with E-state index in [-0.39, 0.29) is 28.6 Å². The van der Waals surface area contributed by atoms with Crippen molar-refractivity contribution in [2.75, 3.05) is 26.2 Å². The minimum atomic E-state index is -3.74. The molecule has 0 N–H and O–H groups in total. The molecule has 0 aliphatic carbocycles. The summed E-state index contributed by atoms with van der Waals surface area (Å²) in [7, 11) is -3.74. The van der Waals surface area contributed by atoms with Crippen molar-refractivity contribution in [3.05, 3.63) is 69.1 Å². The van der Waals surface area contributed by atoms with Crippen LogP contribution in [0.2, 0.25) is 10.0 Å². The van der Waals surface area contributed by atoms with E-state index in [4.69, 9.17) is 23.2 Å². The molecule has 2 aromatic carbocycles. The summed E-state index contributed by atoms with van der Waals surface area (Å²) in [6, 6.07) is 11.7. The lowest BCUT2D eigenvalue weighted by atomic mass is 10.2. The first-order valence-electron chi connectivity index (χ1n) is 8.99. The SMILES string of the molecule is O=c1c2ccccc2cnn1CN1CCN(S(=O)(=O)c2cc(Cl)ccc2Cl)CC1. The zero-order valence-corrected chi connectivity index (χ0v) is 17.7. The molecular weight excluding hydrogens is 435 g/mol. The molecule has 29 heavy (non-hydrogen) atoms. The number of fused-ring (bicyclic) bond motifs is 1. The molecule has 2 heterocycles. The minimum Gasteiger partial charge on any atom is -0.282 e. The molecule has 1 aromatic heterocycles. The van der Waals surface area contributed by atoms with Crippen LogP contribution in [-0.4, -0.2) is 53.6 Å². The quantitative estimate of drug-likeness (QED) is 0.607. The molecule has 4 rings (SSSR count). The Morgan fingerprint density at radius 3 is 2.48 bits per heavy atom. The molecule has 1 aliphatic heterocycles. The summed E-state index contributed by atoms with van der Waals surface area (Å²) in [5.74, 6) is 0. The summed E-state index contributed by atoms with van der Waals surface area (Å²) in [6.07, 6.45) is 1.67. The molecule has 0 spiro atoms. The number of nitrogens with zero attached hydrogens (tertiary/aromatic N) is 4. The molecule has 0 atom stereocenters. The molecule has 0 unspecified atom stereocenters. The summed E-state index contributed by atoms with van der Waals surface area (Å²) in [4.78, 5) is 14.6. The Balaban J connectivity index is 1.48. The van der Waals surface area contributed by atoms with Gasteiger partial charge in [-0.1, -0.05) is 41.4 Å². The normalized spacial score (nSPS) is 16.3. The van der Waals surface area contributed by atoms with Gasteiger partial charge in [-0.3, -0.25) is 9.69 Å². The second-order valence-corrected chi connectivity index (χ2v) is 9.52. The van der Waals surface area contributed by atoms with E-state index in [0.717, 1.165) is 5.39 Å². The Kier molecular flexibility index (Phi) is 5.63. The summed E-state index contributed by atoms with van der Waals surface area (Å²) in [6.45, 7) is 1.81. The molecule has 0 amide bonds. The third kappa shape index (κ3) is 4.04. The average molecular weight is 453 g/mol. The van der Waals surface area contributed by atoms with Crippen molar-refractivity contribution in [3.63, 3.8) is 0 Å². The van der Waals surface area contributed by atoms with E-state index in [1.807, 2.05) is 23.1 Å². The monoisotopic (exact) mass is 452 g/mol. The van der Waals surface area contributed by atoms with Gasteiger partial charge >= 0.3 is 0 Å². The highest BCUT2D eigenvalue weighted by Crippen LogP contribution is 2.28. The number of aromatic nitrogens is 2. The highest BCUT2D eigenvalue weighted by Gasteiger charge is 2.30. The van der Waals surface area contributed by atoms with Crippen LogP contribution in [0.1, 0.15) is 0 Å². The minimum absolute atomic E-state index is 0.00697. The molecule has 1 aliphatic rings. The molecule has 1 fully saturated rings. The maximum absolute atomic E-state index is 12.9. The van der Waals surface area contributed by atoms with Crippen molar-refractivity contribution in [1.29, 1.82) is 0 Å². The Morgan fingerprint density at radius 1 is 1.00 bits per heavy atom. The second kappa shape index (κ2) is 8.04. The van der Waals surface area contributed by atoms with Crippen molar-refractivity contribution in [3.8, 4) is 0 Å². The van der Waals surface area contributed by atoms with Crippen LogP contribution in [0.5, 0.6) is 0 Å². The third-order valence-electron chi connectivity index (χ3n) is 4.94. The molecule has 0 bridgehead atoms. The lowest BCUT2D eigenvalue weighted by Crippen LogP contribution is -2.49. The molecule has 1 saturated heterocycles. The lowest BCUT2D eigenvalue weighted by Gasteiger charge is -2.34. The van der Waals surface area contributed by atoms with Crippen molar-refractivity contribution < 1.29 is 8.42 Å². The van der Waals surface area contributed by atoms with Crippen molar-refractivity contribution >= 4 is 44.0 Å². The van der Waals surface area contributed by atoms with Crippen molar-refractivity contribution in [2.24, 2.45) is 0 Å². The van der Waals surface area contributed by atoms with E-state index in [2.05, 4.69) is 5.10 Å². The largest absolute Gasteiger partial charge is 0.282 e. The number of piperazine rings is 1. The first-order valence-corrected chi connectivity index (χ1v) is 11.2. The standard InChI is InChI=1S/C19H18Cl2N4O3S/c20-15-5-6-17(21)18(11-15)29(27,28)24-9-7-23(8-10-24)13-25-19(26)16-4-2-1-3-14(16)12-22-25/h1-6,11-12H,7-10,13H2. The van der Waals surface area contributed by atoms with Crippen LogP contribution in [0, 0.1) is 0 Å². The fourth-order valence-corrected chi connectivity index (χ4v) is 5.50. The number of rotatable bonds is 4. The highest BCUT2D eigenvalue weighted by molar-refractivity contribution is 7.89. The van der Waals surface area contributed by atoms with Gasteiger partial charge in [0.05, 0.1) is 23.3 Å². The number of hydrogen-bond acceptors (Lipinski definition) is 5. The van der Waals surface area contributed by atoms with Gasteiger partial charge in [0.2, 0.25) is 10.0 Å². The zero-order chi connectivity index (χ0) is 20.6. The maximum Gasteiger partial charge on any atom is 0.275 e. The van der Waals surface area contributed by atoms with Gasteiger partial charge in [-0.05, 0) is 24.3 Å². The van der Waals surface area contributed by atoms with E-state index in [1.165, 1.54) is 21.1 Å². The Bertz CT molecular complexity index is 1220. The van der Waals surface area contributed by atoms with E-state index in [9.17, 15) is 13.2 Å². The predicted octanol–water partition coefficient (Wildman–Crippen LogP) is 2.67. The van der Waals surface area contributed by atoms with Crippen molar-refractivity contribution in [1.82, 2.24) is 19.0 Å². The van der Waals surface area contributed by atoms with Crippen LogP contribution < -0.4 is 5.56 Å². The second-order valence-electron chi connectivity index (χ2n) is 6.77. The van der Waals surface area contributed by atoms with Gasteiger partial charge in [-0.15, -0.1) is 0 Å². The average Bonchev–Trinajstić information content (AvgIpc) is 2.72. The first-order chi connectivity index (χ1) is 13.9. The fraction of sp³-hybridized carbons (Fsp3) is 0.263. The zero-order valence-electron chi connectivity index (χ0n) is 15.3. The summed E-state index contributed by atoms with van der Waals surface area (Å²) < 4.78 is 28.6. The Morgan fingerprint density at radius 2 is 1.72 bits per heavy atom. The van der Waals surface area contributed by atoms with E-state index in [1.54, 1.807) is 18.3 Å². The van der Waals surface area contributed by atoms with Crippen LogP contribution in [0.15, 0.2) is 58.4 Å². The van der Waals surface area contributed by atoms with Gasteiger partial charge < -0.3 is 0 Å². The molecule has 10 heteroatoms. The van der Waals surface area contributed by atoms with E-state index >= 15 is 0 Å². The Hall–Kier alpha value is -1.97. The smallest absolute Gasteiger partial charge is 0.275 e. The van der Waals surface area contributed by atoms with Gasteiger partial charge in [0.15, 0.2) is 0 Å². The molecule has 0 radical (unpaired) electrons. The van der Waals surface area contributed by atoms with Crippen LogP contribution in [-0.2, 0) is 16.7 Å². The topological polar surface area (TPSA) is 75.5 Å². The van der Waals surface area contributed by atoms with E-state index in [0.29, 0.717) is 30.2 Å². The van der Waals surface area contributed by atoms with Gasteiger partial charge in [0.1, 0.15) is 4.90 Å².